The third-order valence-electron chi connectivity index (χ3n) is 1.82. The summed E-state index contributed by atoms with van der Waals surface area (Å²) in [4.78, 5) is 3.79. The lowest BCUT2D eigenvalue weighted by molar-refractivity contribution is 0.252. The predicted octanol–water partition coefficient (Wildman–Crippen LogP) is 0.665. The highest BCUT2D eigenvalue weighted by molar-refractivity contribution is 5.15. The Morgan fingerprint density at radius 2 is 2.45 bits per heavy atom. The summed E-state index contributed by atoms with van der Waals surface area (Å²) in [6, 6.07) is 0. The van der Waals surface area contributed by atoms with Gasteiger partial charge in [-0.1, -0.05) is 0 Å². The number of hydrogen-bond acceptors (Lipinski definition) is 3. The molecule has 1 aromatic rings. The van der Waals surface area contributed by atoms with Crippen LogP contribution in [0.15, 0.2) is 0 Å². The molecule has 0 saturated heterocycles. The van der Waals surface area contributed by atoms with E-state index in [0.717, 1.165) is 13.0 Å². The van der Waals surface area contributed by atoms with E-state index in [0.29, 0.717) is 12.2 Å². The zero-order valence-electron chi connectivity index (χ0n) is 6.00. The summed E-state index contributed by atoms with van der Waals surface area (Å²) >= 11 is 0. The first-order valence-electron chi connectivity index (χ1n) is 3.61. The van der Waals surface area contributed by atoms with E-state index in [4.69, 9.17) is 5.73 Å². The Bertz CT molecular complexity index is 270. The zero-order valence-corrected chi connectivity index (χ0v) is 6.00. The third-order valence-corrected chi connectivity index (χ3v) is 1.82. The van der Waals surface area contributed by atoms with E-state index in [1.54, 1.807) is 4.68 Å². The van der Waals surface area contributed by atoms with E-state index in [1.807, 2.05) is 0 Å². The lowest BCUT2D eigenvalue weighted by atomic mass is 10.1. The fourth-order valence-corrected chi connectivity index (χ4v) is 1.32. The Hall–Kier alpha value is -1.13. The molecule has 0 radical (unpaired) electrons. The van der Waals surface area contributed by atoms with Gasteiger partial charge in [0.05, 0.1) is 0 Å². The van der Waals surface area contributed by atoms with Crippen molar-refractivity contribution in [2.24, 2.45) is 0 Å². The molecule has 60 valence electrons. The molecule has 1 unspecified atom stereocenters. The molecular weight excluding hydrogens is 147 g/mol. The summed E-state index contributed by atoms with van der Waals surface area (Å²) in [6.45, 7) is 0.736. The molecule has 0 spiro atoms. The molecule has 2 N–H and O–H groups in total. The fourth-order valence-electron chi connectivity index (χ4n) is 1.32. The van der Waals surface area contributed by atoms with Gasteiger partial charge in [-0.25, -0.2) is 9.07 Å². The van der Waals surface area contributed by atoms with Gasteiger partial charge in [-0.3, -0.25) is 0 Å². The third kappa shape index (κ3) is 0.961. The van der Waals surface area contributed by atoms with Crippen LogP contribution in [0.3, 0.4) is 0 Å². The SMILES string of the molecule is Nc1nc2n(n1)CCCC2F. The van der Waals surface area contributed by atoms with Crippen LogP contribution in [0.1, 0.15) is 24.8 Å². The van der Waals surface area contributed by atoms with E-state index >= 15 is 0 Å². The van der Waals surface area contributed by atoms with Crippen molar-refractivity contribution in [1.29, 1.82) is 0 Å². The van der Waals surface area contributed by atoms with Gasteiger partial charge in [0.15, 0.2) is 12.0 Å². The number of halogens is 1. The zero-order chi connectivity index (χ0) is 7.84. The number of alkyl halides is 1. The Kier molecular flexibility index (Phi) is 1.30. The monoisotopic (exact) mass is 156 g/mol. The average molecular weight is 156 g/mol. The molecule has 0 saturated carbocycles. The summed E-state index contributed by atoms with van der Waals surface area (Å²) in [6.07, 6.45) is 0.378. The van der Waals surface area contributed by atoms with E-state index in [-0.39, 0.29) is 5.95 Å². The van der Waals surface area contributed by atoms with Crippen LogP contribution < -0.4 is 5.73 Å². The van der Waals surface area contributed by atoms with Crippen molar-refractivity contribution in [2.75, 3.05) is 5.73 Å². The summed E-state index contributed by atoms with van der Waals surface area (Å²) in [5, 5.41) is 3.84. The average Bonchev–Trinajstić information content (AvgIpc) is 2.31. The van der Waals surface area contributed by atoms with Crippen molar-refractivity contribution in [2.45, 2.75) is 25.6 Å². The number of aromatic nitrogens is 3. The van der Waals surface area contributed by atoms with Gasteiger partial charge >= 0.3 is 0 Å². The first-order chi connectivity index (χ1) is 5.27. The topological polar surface area (TPSA) is 56.7 Å². The second-order valence-electron chi connectivity index (χ2n) is 2.66. The Labute approximate surface area is 63.2 Å². The van der Waals surface area contributed by atoms with E-state index in [2.05, 4.69) is 10.1 Å². The first kappa shape index (κ1) is 6.57. The minimum Gasteiger partial charge on any atom is -0.366 e. The van der Waals surface area contributed by atoms with Crippen LogP contribution in [-0.4, -0.2) is 14.8 Å². The molecule has 1 aromatic heterocycles. The van der Waals surface area contributed by atoms with Crippen molar-refractivity contribution < 1.29 is 4.39 Å². The van der Waals surface area contributed by atoms with Crippen LogP contribution in [0.25, 0.3) is 0 Å². The van der Waals surface area contributed by atoms with Crippen LogP contribution >= 0.6 is 0 Å². The molecule has 0 amide bonds. The normalized spacial score (nSPS) is 23.2. The van der Waals surface area contributed by atoms with E-state index < -0.39 is 6.17 Å². The summed E-state index contributed by atoms with van der Waals surface area (Å²) in [5.41, 5.74) is 5.31. The number of rotatable bonds is 0. The molecule has 0 fully saturated rings. The number of aryl methyl sites for hydroxylation is 1. The van der Waals surface area contributed by atoms with Gasteiger partial charge in [-0.15, -0.1) is 5.10 Å². The van der Waals surface area contributed by atoms with Crippen molar-refractivity contribution in [3.8, 4) is 0 Å². The second kappa shape index (κ2) is 2.18. The van der Waals surface area contributed by atoms with Gasteiger partial charge in [0.25, 0.3) is 0 Å². The van der Waals surface area contributed by atoms with Gasteiger partial charge in [0.1, 0.15) is 0 Å². The highest BCUT2D eigenvalue weighted by Gasteiger charge is 2.22. The van der Waals surface area contributed by atoms with Crippen LogP contribution in [-0.2, 0) is 6.54 Å². The standard InChI is InChI=1S/C6H9FN4/c7-4-2-1-3-11-5(4)9-6(8)10-11/h4H,1-3H2,(H2,8,10). The van der Waals surface area contributed by atoms with Crippen molar-refractivity contribution in [3.63, 3.8) is 0 Å². The Morgan fingerprint density at radius 3 is 3.18 bits per heavy atom. The van der Waals surface area contributed by atoms with Gasteiger partial charge < -0.3 is 5.73 Å². The van der Waals surface area contributed by atoms with Gasteiger partial charge in [0, 0.05) is 6.54 Å². The molecule has 0 aromatic carbocycles. The molecule has 2 heterocycles. The molecule has 11 heavy (non-hydrogen) atoms. The summed E-state index contributed by atoms with van der Waals surface area (Å²) in [7, 11) is 0. The molecular formula is C6H9FN4. The molecule has 1 aliphatic rings. The minimum atomic E-state index is -0.978. The largest absolute Gasteiger partial charge is 0.366 e. The molecule has 5 heteroatoms. The van der Waals surface area contributed by atoms with Crippen LogP contribution in [0.2, 0.25) is 0 Å². The highest BCUT2D eigenvalue weighted by atomic mass is 19.1. The quantitative estimate of drug-likeness (QED) is 0.600. The van der Waals surface area contributed by atoms with Gasteiger partial charge in [-0.05, 0) is 12.8 Å². The maximum atomic E-state index is 13.0. The maximum Gasteiger partial charge on any atom is 0.239 e. The molecule has 0 aliphatic carbocycles. The van der Waals surface area contributed by atoms with Crippen molar-refractivity contribution in [3.05, 3.63) is 5.82 Å². The Balaban J connectivity index is 2.43. The number of hydrogen-bond donors (Lipinski definition) is 1. The van der Waals surface area contributed by atoms with Crippen molar-refractivity contribution in [1.82, 2.24) is 14.8 Å². The molecule has 1 aliphatic heterocycles. The highest BCUT2D eigenvalue weighted by Crippen LogP contribution is 2.26. The molecule has 1 atom stereocenters. The lowest BCUT2D eigenvalue weighted by Gasteiger charge is -2.14. The first-order valence-corrected chi connectivity index (χ1v) is 3.61. The Morgan fingerprint density at radius 1 is 1.64 bits per heavy atom. The van der Waals surface area contributed by atoms with E-state index in [1.165, 1.54) is 0 Å². The number of nitrogens with two attached hydrogens (primary N) is 1. The predicted molar refractivity (Wildman–Crippen MR) is 37.5 cm³/mol. The molecule has 0 bridgehead atoms. The fraction of sp³-hybridized carbons (Fsp3) is 0.667. The number of nitrogens with zero attached hydrogens (tertiary/aromatic N) is 3. The molecule has 4 nitrogen and oxygen atoms in total. The lowest BCUT2D eigenvalue weighted by Crippen LogP contribution is -2.14. The van der Waals surface area contributed by atoms with Gasteiger partial charge in [0.2, 0.25) is 5.95 Å². The van der Waals surface area contributed by atoms with Crippen LogP contribution in [0.4, 0.5) is 10.3 Å². The number of anilines is 1. The van der Waals surface area contributed by atoms with Crippen LogP contribution in [0.5, 0.6) is 0 Å². The van der Waals surface area contributed by atoms with E-state index in [9.17, 15) is 4.39 Å². The van der Waals surface area contributed by atoms with Gasteiger partial charge in [-0.2, -0.15) is 4.98 Å². The number of nitrogen functional groups attached to an aromatic ring is 1. The smallest absolute Gasteiger partial charge is 0.239 e. The summed E-state index contributed by atoms with van der Waals surface area (Å²) in [5.74, 6) is 0.554. The van der Waals surface area contributed by atoms with Crippen molar-refractivity contribution >= 4 is 5.95 Å². The second-order valence-corrected chi connectivity index (χ2v) is 2.66. The minimum absolute atomic E-state index is 0.171. The maximum absolute atomic E-state index is 13.0. The molecule has 2 rings (SSSR count). The number of fused-ring (bicyclic) bond motifs is 1. The van der Waals surface area contributed by atoms with Crippen LogP contribution in [0, 0.1) is 0 Å². The summed E-state index contributed by atoms with van der Waals surface area (Å²) < 4.78 is 14.6.